The van der Waals surface area contributed by atoms with Crippen LogP contribution in [0.3, 0.4) is 0 Å². The number of hydrogen-bond donors (Lipinski definition) is 1. The molecule has 2 unspecified atom stereocenters. The maximum absolute atomic E-state index is 11.1. The standard InChI is InChI=1S/C9H16N2O/c1-7(12)11-5-4-8-2-3-9(6-11)10-8/h8-10H,2-6H2,1H3. The summed E-state index contributed by atoms with van der Waals surface area (Å²) < 4.78 is 0. The van der Waals surface area contributed by atoms with Crippen molar-refractivity contribution in [1.29, 1.82) is 0 Å². The highest BCUT2D eigenvalue weighted by molar-refractivity contribution is 5.73. The molecule has 0 spiro atoms. The van der Waals surface area contributed by atoms with Crippen LogP contribution < -0.4 is 5.32 Å². The van der Waals surface area contributed by atoms with Crippen LogP contribution in [0.5, 0.6) is 0 Å². The van der Waals surface area contributed by atoms with E-state index < -0.39 is 0 Å². The van der Waals surface area contributed by atoms with Crippen LogP contribution in [0.4, 0.5) is 0 Å². The number of amides is 1. The minimum absolute atomic E-state index is 0.226. The predicted molar refractivity (Wildman–Crippen MR) is 46.8 cm³/mol. The first-order chi connectivity index (χ1) is 5.75. The van der Waals surface area contributed by atoms with Gasteiger partial charge in [0.1, 0.15) is 0 Å². The normalized spacial score (nSPS) is 34.9. The Balaban J connectivity index is 2.00. The van der Waals surface area contributed by atoms with Crippen molar-refractivity contribution in [2.75, 3.05) is 13.1 Å². The highest BCUT2D eigenvalue weighted by atomic mass is 16.2. The number of fused-ring (bicyclic) bond motifs is 2. The quantitative estimate of drug-likeness (QED) is 0.566. The van der Waals surface area contributed by atoms with Gasteiger partial charge >= 0.3 is 0 Å². The molecule has 3 heteroatoms. The van der Waals surface area contributed by atoms with E-state index in [0.717, 1.165) is 19.5 Å². The minimum atomic E-state index is 0.226. The largest absolute Gasteiger partial charge is 0.341 e. The van der Waals surface area contributed by atoms with Crippen molar-refractivity contribution >= 4 is 5.91 Å². The number of likely N-dealkylation sites (tertiary alicyclic amines) is 1. The highest BCUT2D eigenvalue weighted by Gasteiger charge is 2.29. The van der Waals surface area contributed by atoms with E-state index in [1.807, 2.05) is 4.90 Å². The van der Waals surface area contributed by atoms with Crippen LogP contribution in [0.2, 0.25) is 0 Å². The van der Waals surface area contributed by atoms with Gasteiger partial charge in [-0.3, -0.25) is 4.79 Å². The second-order valence-corrected chi connectivity index (χ2v) is 3.89. The lowest BCUT2D eigenvalue weighted by molar-refractivity contribution is -0.129. The third kappa shape index (κ3) is 1.46. The predicted octanol–water partition coefficient (Wildman–Crippen LogP) is 0.359. The van der Waals surface area contributed by atoms with Gasteiger partial charge in [0.25, 0.3) is 0 Å². The van der Waals surface area contributed by atoms with Gasteiger partial charge < -0.3 is 10.2 Å². The molecule has 2 atom stereocenters. The number of rotatable bonds is 0. The fraction of sp³-hybridized carbons (Fsp3) is 0.889. The molecule has 2 bridgehead atoms. The molecule has 2 fully saturated rings. The van der Waals surface area contributed by atoms with E-state index in [1.54, 1.807) is 6.92 Å². The second-order valence-electron chi connectivity index (χ2n) is 3.89. The number of carbonyl (C=O) groups excluding carboxylic acids is 1. The molecule has 2 aliphatic heterocycles. The van der Waals surface area contributed by atoms with Gasteiger partial charge in [0.05, 0.1) is 0 Å². The van der Waals surface area contributed by atoms with E-state index in [2.05, 4.69) is 5.32 Å². The van der Waals surface area contributed by atoms with Gasteiger partial charge in [-0.15, -0.1) is 0 Å². The SMILES string of the molecule is CC(=O)N1CCC2CCC(C1)N2. The van der Waals surface area contributed by atoms with E-state index in [-0.39, 0.29) is 5.91 Å². The third-order valence-corrected chi connectivity index (χ3v) is 2.97. The zero-order chi connectivity index (χ0) is 8.55. The Kier molecular flexibility index (Phi) is 2.05. The second kappa shape index (κ2) is 3.05. The van der Waals surface area contributed by atoms with Gasteiger partial charge in [0, 0.05) is 32.1 Å². The van der Waals surface area contributed by atoms with Gasteiger partial charge in [-0.1, -0.05) is 0 Å². The molecule has 2 saturated heterocycles. The van der Waals surface area contributed by atoms with Crippen LogP contribution >= 0.6 is 0 Å². The van der Waals surface area contributed by atoms with Gasteiger partial charge in [-0.05, 0) is 19.3 Å². The van der Waals surface area contributed by atoms with Crippen molar-refractivity contribution in [1.82, 2.24) is 10.2 Å². The molecule has 2 aliphatic rings. The molecule has 2 heterocycles. The van der Waals surface area contributed by atoms with E-state index in [1.165, 1.54) is 12.8 Å². The Labute approximate surface area is 73.1 Å². The van der Waals surface area contributed by atoms with Crippen LogP contribution in [-0.2, 0) is 4.79 Å². The Bertz CT molecular complexity index is 193. The summed E-state index contributed by atoms with van der Waals surface area (Å²) in [5.41, 5.74) is 0. The fourth-order valence-electron chi connectivity index (χ4n) is 2.23. The number of nitrogens with zero attached hydrogens (tertiary/aromatic N) is 1. The van der Waals surface area contributed by atoms with Crippen molar-refractivity contribution in [3.63, 3.8) is 0 Å². The molecular formula is C9H16N2O. The topological polar surface area (TPSA) is 32.3 Å². The summed E-state index contributed by atoms with van der Waals surface area (Å²) in [6.07, 6.45) is 3.68. The average Bonchev–Trinajstić information content (AvgIpc) is 2.29. The number of hydrogen-bond acceptors (Lipinski definition) is 2. The smallest absolute Gasteiger partial charge is 0.219 e. The first-order valence-electron chi connectivity index (χ1n) is 4.77. The maximum atomic E-state index is 11.1. The summed E-state index contributed by atoms with van der Waals surface area (Å²) in [5.74, 6) is 0.226. The first-order valence-corrected chi connectivity index (χ1v) is 4.77. The molecule has 0 radical (unpaired) electrons. The summed E-state index contributed by atoms with van der Waals surface area (Å²) in [4.78, 5) is 13.1. The van der Waals surface area contributed by atoms with Crippen LogP contribution in [0.25, 0.3) is 0 Å². The maximum Gasteiger partial charge on any atom is 0.219 e. The molecule has 1 amide bonds. The number of carbonyl (C=O) groups is 1. The minimum Gasteiger partial charge on any atom is -0.341 e. The van der Waals surface area contributed by atoms with Gasteiger partial charge in [-0.2, -0.15) is 0 Å². The van der Waals surface area contributed by atoms with E-state index in [0.29, 0.717) is 12.1 Å². The van der Waals surface area contributed by atoms with Gasteiger partial charge in [-0.25, -0.2) is 0 Å². The molecule has 3 nitrogen and oxygen atoms in total. The summed E-state index contributed by atoms with van der Waals surface area (Å²) in [6, 6.07) is 1.25. The van der Waals surface area contributed by atoms with Gasteiger partial charge in [0.15, 0.2) is 0 Å². The van der Waals surface area contributed by atoms with Crippen molar-refractivity contribution in [3.8, 4) is 0 Å². The van der Waals surface area contributed by atoms with Crippen LogP contribution in [0.1, 0.15) is 26.2 Å². The monoisotopic (exact) mass is 168 g/mol. The molecule has 0 aromatic rings. The molecule has 0 aromatic carbocycles. The highest BCUT2D eigenvalue weighted by Crippen LogP contribution is 2.20. The van der Waals surface area contributed by atoms with Crippen molar-refractivity contribution in [2.24, 2.45) is 0 Å². The van der Waals surface area contributed by atoms with Gasteiger partial charge in [0.2, 0.25) is 5.91 Å². The molecule has 68 valence electrons. The third-order valence-electron chi connectivity index (χ3n) is 2.97. The fourth-order valence-corrected chi connectivity index (χ4v) is 2.23. The lowest BCUT2D eigenvalue weighted by Gasteiger charge is -2.22. The van der Waals surface area contributed by atoms with E-state index >= 15 is 0 Å². The zero-order valence-corrected chi connectivity index (χ0v) is 7.55. The Morgan fingerprint density at radius 2 is 2.08 bits per heavy atom. The summed E-state index contributed by atoms with van der Waals surface area (Å²) in [7, 11) is 0. The zero-order valence-electron chi connectivity index (χ0n) is 7.55. The first kappa shape index (κ1) is 8.05. The summed E-state index contributed by atoms with van der Waals surface area (Å²) in [5, 5.41) is 3.54. The molecular weight excluding hydrogens is 152 g/mol. The molecule has 0 aromatic heterocycles. The van der Waals surface area contributed by atoms with Crippen LogP contribution in [0, 0.1) is 0 Å². The lowest BCUT2D eigenvalue weighted by atomic mass is 10.1. The number of nitrogens with one attached hydrogen (secondary N) is 1. The molecule has 0 saturated carbocycles. The van der Waals surface area contributed by atoms with Crippen molar-refractivity contribution < 1.29 is 4.79 Å². The Hall–Kier alpha value is -0.570. The lowest BCUT2D eigenvalue weighted by Crippen LogP contribution is -2.37. The Morgan fingerprint density at radius 1 is 1.33 bits per heavy atom. The van der Waals surface area contributed by atoms with Crippen molar-refractivity contribution in [3.05, 3.63) is 0 Å². The van der Waals surface area contributed by atoms with E-state index in [9.17, 15) is 4.79 Å². The molecule has 2 rings (SSSR count). The average molecular weight is 168 g/mol. The molecule has 1 N–H and O–H groups in total. The Morgan fingerprint density at radius 3 is 2.83 bits per heavy atom. The van der Waals surface area contributed by atoms with Crippen LogP contribution in [0.15, 0.2) is 0 Å². The summed E-state index contributed by atoms with van der Waals surface area (Å²) >= 11 is 0. The summed E-state index contributed by atoms with van der Waals surface area (Å²) in [6.45, 7) is 3.54. The molecule has 0 aliphatic carbocycles. The van der Waals surface area contributed by atoms with Crippen LogP contribution in [-0.4, -0.2) is 36.0 Å². The van der Waals surface area contributed by atoms with Crippen molar-refractivity contribution in [2.45, 2.75) is 38.3 Å². The molecule has 12 heavy (non-hydrogen) atoms. The van der Waals surface area contributed by atoms with E-state index in [4.69, 9.17) is 0 Å².